The van der Waals surface area contributed by atoms with Crippen LogP contribution in [0.1, 0.15) is 11.7 Å². The number of para-hydroxylation sites is 1. The first-order valence-corrected chi connectivity index (χ1v) is 6.66. The minimum absolute atomic E-state index is 0.0335. The van der Waals surface area contributed by atoms with E-state index in [0.29, 0.717) is 30.2 Å². The summed E-state index contributed by atoms with van der Waals surface area (Å²) in [5, 5.41) is 28.7. The van der Waals surface area contributed by atoms with Crippen LogP contribution in [0.4, 0.5) is 0 Å². The molecule has 0 fully saturated rings. The maximum atomic E-state index is 10.5. The Morgan fingerprint density at radius 3 is 2.60 bits per heavy atom. The lowest BCUT2D eigenvalue weighted by Gasteiger charge is -2.38. The molecule has 0 aromatic heterocycles. The van der Waals surface area contributed by atoms with Crippen molar-refractivity contribution in [2.75, 3.05) is 40.0 Å². The molecule has 1 aromatic carbocycles. The van der Waals surface area contributed by atoms with Gasteiger partial charge in [-0.15, -0.1) is 0 Å². The maximum absolute atomic E-state index is 10.5. The van der Waals surface area contributed by atoms with Crippen molar-refractivity contribution in [1.29, 1.82) is 0 Å². The van der Waals surface area contributed by atoms with E-state index >= 15 is 0 Å². The fourth-order valence-corrected chi connectivity index (χ4v) is 2.55. The highest BCUT2D eigenvalue weighted by Crippen LogP contribution is 2.40. The largest absolute Gasteiger partial charge is 0.493 e. The molecule has 2 rings (SSSR count). The summed E-state index contributed by atoms with van der Waals surface area (Å²) in [4.78, 5) is 1.83. The van der Waals surface area contributed by atoms with E-state index in [-0.39, 0.29) is 25.9 Å². The number of hydrogen-bond donors (Lipinski definition) is 3. The van der Waals surface area contributed by atoms with Crippen LogP contribution < -0.4 is 9.47 Å². The van der Waals surface area contributed by atoms with E-state index in [1.54, 1.807) is 25.3 Å². The fourth-order valence-electron chi connectivity index (χ4n) is 2.55. The molecule has 2 atom stereocenters. The van der Waals surface area contributed by atoms with Gasteiger partial charge in [-0.1, -0.05) is 12.1 Å². The van der Waals surface area contributed by atoms with Gasteiger partial charge in [0.1, 0.15) is 12.7 Å². The minimum atomic E-state index is -0.744. The van der Waals surface area contributed by atoms with Crippen molar-refractivity contribution in [1.82, 2.24) is 4.90 Å². The second-order valence-electron chi connectivity index (χ2n) is 4.68. The predicted octanol–water partition coefficient (Wildman–Crippen LogP) is -0.224. The lowest BCUT2D eigenvalue weighted by molar-refractivity contribution is -0.00950. The Morgan fingerprint density at radius 2 is 2.00 bits per heavy atom. The standard InChI is InChI=1S/C14H21NO5/c1-19-12-4-2-3-10-13(18)11(9-20-14(10)12)15(5-7-16)6-8-17/h2-4,11,13,16-18H,5-9H2,1H3. The molecule has 6 heteroatoms. The van der Waals surface area contributed by atoms with E-state index in [1.807, 2.05) is 4.90 Å². The van der Waals surface area contributed by atoms with E-state index in [1.165, 1.54) is 0 Å². The monoisotopic (exact) mass is 283 g/mol. The summed E-state index contributed by atoms with van der Waals surface area (Å²) in [6.07, 6.45) is -0.744. The van der Waals surface area contributed by atoms with Crippen molar-refractivity contribution in [3.8, 4) is 11.5 Å². The summed E-state index contributed by atoms with van der Waals surface area (Å²) >= 11 is 0. The van der Waals surface area contributed by atoms with E-state index in [9.17, 15) is 5.11 Å². The highest BCUT2D eigenvalue weighted by molar-refractivity contribution is 5.49. The zero-order valence-electron chi connectivity index (χ0n) is 11.5. The Bertz CT molecular complexity index is 434. The van der Waals surface area contributed by atoms with Crippen LogP contribution in [0.25, 0.3) is 0 Å². The van der Waals surface area contributed by atoms with Gasteiger partial charge >= 0.3 is 0 Å². The third-order valence-electron chi connectivity index (χ3n) is 3.55. The van der Waals surface area contributed by atoms with Gasteiger partial charge in [0.2, 0.25) is 0 Å². The van der Waals surface area contributed by atoms with Crippen LogP contribution in [0.5, 0.6) is 11.5 Å². The molecule has 6 nitrogen and oxygen atoms in total. The van der Waals surface area contributed by atoms with Gasteiger partial charge in [0.25, 0.3) is 0 Å². The first kappa shape index (κ1) is 15.1. The zero-order valence-corrected chi connectivity index (χ0v) is 11.5. The highest BCUT2D eigenvalue weighted by atomic mass is 16.5. The summed E-state index contributed by atoms with van der Waals surface area (Å²) in [6, 6.07) is 5.08. The Morgan fingerprint density at radius 1 is 1.30 bits per heavy atom. The first-order valence-electron chi connectivity index (χ1n) is 6.66. The van der Waals surface area contributed by atoms with Crippen molar-refractivity contribution < 1.29 is 24.8 Å². The molecule has 0 spiro atoms. The Balaban J connectivity index is 2.24. The Kier molecular flexibility index (Phi) is 5.19. The highest BCUT2D eigenvalue weighted by Gasteiger charge is 2.34. The van der Waals surface area contributed by atoms with Gasteiger partial charge < -0.3 is 24.8 Å². The number of methoxy groups -OCH3 is 1. The lowest BCUT2D eigenvalue weighted by atomic mass is 9.97. The van der Waals surface area contributed by atoms with Crippen LogP contribution in [-0.2, 0) is 0 Å². The van der Waals surface area contributed by atoms with Gasteiger partial charge in [-0.05, 0) is 6.07 Å². The number of benzene rings is 1. The average Bonchev–Trinajstić information content (AvgIpc) is 2.47. The van der Waals surface area contributed by atoms with E-state index in [4.69, 9.17) is 19.7 Å². The zero-order chi connectivity index (χ0) is 14.5. The number of hydrogen-bond acceptors (Lipinski definition) is 6. The second-order valence-corrected chi connectivity index (χ2v) is 4.68. The number of fused-ring (bicyclic) bond motifs is 1. The topological polar surface area (TPSA) is 82.4 Å². The lowest BCUT2D eigenvalue weighted by Crippen LogP contribution is -2.48. The molecule has 0 saturated carbocycles. The number of aliphatic hydroxyl groups excluding tert-OH is 3. The molecule has 1 aliphatic heterocycles. The number of nitrogens with zero attached hydrogens (tertiary/aromatic N) is 1. The number of rotatable bonds is 6. The smallest absolute Gasteiger partial charge is 0.167 e. The molecule has 3 N–H and O–H groups in total. The van der Waals surface area contributed by atoms with Crippen molar-refractivity contribution in [3.05, 3.63) is 23.8 Å². The van der Waals surface area contributed by atoms with Crippen LogP contribution in [0.3, 0.4) is 0 Å². The van der Waals surface area contributed by atoms with Gasteiger partial charge in [0, 0.05) is 18.7 Å². The third kappa shape index (κ3) is 2.88. The summed E-state index contributed by atoms with van der Waals surface area (Å²) < 4.78 is 10.9. The van der Waals surface area contributed by atoms with Crippen LogP contribution in [-0.4, -0.2) is 66.3 Å². The van der Waals surface area contributed by atoms with E-state index < -0.39 is 6.10 Å². The van der Waals surface area contributed by atoms with Crippen molar-refractivity contribution >= 4 is 0 Å². The Labute approximate surface area is 118 Å². The van der Waals surface area contributed by atoms with Crippen molar-refractivity contribution in [3.63, 3.8) is 0 Å². The normalized spacial score (nSPS) is 21.4. The van der Waals surface area contributed by atoms with Crippen LogP contribution >= 0.6 is 0 Å². The van der Waals surface area contributed by atoms with E-state index in [2.05, 4.69) is 0 Å². The molecule has 2 unspecified atom stereocenters. The van der Waals surface area contributed by atoms with E-state index in [0.717, 1.165) is 0 Å². The van der Waals surface area contributed by atoms with Gasteiger partial charge in [-0.3, -0.25) is 4.90 Å². The van der Waals surface area contributed by atoms with Crippen LogP contribution in [0.2, 0.25) is 0 Å². The molecule has 0 saturated heterocycles. The molecule has 0 aliphatic carbocycles. The molecule has 0 radical (unpaired) electrons. The van der Waals surface area contributed by atoms with Crippen LogP contribution in [0.15, 0.2) is 18.2 Å². The summed E-state index contributed by atoms with van der Waals surface area (Å²) in [6.45, 7) is 0.979. The van der Waals surface area contributed by atoms with Gasteiger partial charge in [0.05, 0.1) is 26.4 Å². The second kappa shape index (κ2) is 6.90. The van der Waals surface area contributed by atoms with Gasteiger partial charge in [-0.25, -0.2) is 0 Å². The third-order valence-corrected chi connectivity index (χ3v) is 3.55. The van der Waals surface area contributed by atoms with Crippen LogP contribution in [0, 0.1) is 0 Å². The quantitative estimate of drug-likeness (QED) is 0.669. The minimum Gasteiger partial charge on any atom is -0.493 e. The molecule has 0 bridgehead atoms. The van der Waals surface area contributed by atoms with Gasteiger partial charge in [0.15, 0.2) is 11.5 Å². The molecular formula is C14H21NO5. The predicted molar refractivity (Wildman–Crippen MR) is 73.0 cm³/mol. The maximum Gasteiger partial charge on any atom is 0.167 e. The molecule has 20 heavy (non-hydrogen) atoms. The molecule has 1 aliphatic rings. The molecule has 1 heterocycles. The molecule has 1 aromatic rings. The molecule has 112 valence electrons. The first-order chi connectivity index (χ1) is 9.72. The SMILES string of the molecule is COc1cccc2c1OCC(N(CCO)CCO)C2O. The fraction of sp³-hybridized carbons (Fsp3) is 0.571. The number of ether oxygens (including phenoxy) is 2. The summed E-state index contributed by atoms with van der Waals surface area (Å²) in [7, 11) is 1.56. The van der Waals surface area contributed by atoms with Crippen molar-refractivity contribution in [2.45, 2.75) is 12.1 Å². The molecular weight excluding hydrogens is 262 g/mol. The Hall–Kier alpha value is -1.34. The van der Waals surface area contributed by atoms with Crippen molar-refractivity contribution in [2.24, 2.45) is 0 Å². The number of aliphatic hydroxyl groups is 3. The summed E-state index contributed by atoms with van der Waals surface area (Å²) in [5.41, 5.74) is 0.668. The average molecular weight is 283 g/mol. The summed E-state index contributed by atoms with van der Waals surface area (Å²) in [5.74, 6) is 1.16. The van der Waals surface area contributed by atoms with Gasteiger partial charge in [-0.2, -0.15) is 0 Å². The molecule has 0 amide bonds.